The summed E-state index contributed by atoms with van der Waals surface area (Å²) in [5, 5.41) is 13.2. The number of aryl methyl sites for hydroxylation is 1. The van der Waals surface area contributed by atoms with Gasteiger partial charge in [-0.25, -0.2) is 14.6 Å². The molecule has 0 bridgehead atoms. The lowest BCUT2D eigenvalue weighted by molar-refractivity contribution is 0.664. The number of aromatic nitrogens is 8. The first-order valence-corrected chi connectivity index (χ1v) is 12.0. The maximum atomic E-state index is 4.58. The van der Waals surface area contributed by atoms with Gasteiger partial charge in [-0.2, -0.15) is 0 Å². The van der Waals surface area contributed by atoms with E-state index >= 15 is 0 Å². The highest BCUT2D eigenvalue weighted by atomic mass is 32.2. The summed E-state index contributed by atoms with van der Waals surface area (Å²) in [6.45, 7) is 2.14. The molecule has 0 aliphatic carbocycles. The van der Waals surface area contributed by atoms with E-state index < -0.39 is 0 Å². The average Bonchev–Trinajstić information content (AvgIpc) is 3.33. The predicted molar refractivity (Wildman–Crippen MR) is 117 cm³/mol. The fourth-order valence-corrected chi connectivity index (χ4v) is 5.51. The van der Waals surface area contributed by atoms with Crippen LogP contribution in [0.4, 0.5) is 0 Å². The van der Waals surface area contributed by atoms with Crippen LogP contribution in [0.5, 0.6) is 0 Å². The van der Waals surface area contributed by atoms with E-state index in [4.69, 9.17) is 0 Å². The zero-order valence-electron chi connectivity index (χ0n) is 16.1. The normalized spacial score (nSPS) is 11.4. The van der Waals surface area contributed by atoms with E-state index in [1.165, 1.54) is 10.5 Å². The number of tetrazole rings is 1. The van der Waals surface area contributed by atoms with E-state index in [2.05, 4.69) is 48.5 Å². The van der Waals surface area contributed by atoms with Gasteiger partial charge in [-0.1, -0.05) is 23.5 Å². The van der Waals surface area contributed by atoms with Crippen molar-refractivity contribution in [3.05, 3.63) is 41.9 Å². The highest BCUT2D eigenvalue weighted by Crippen LogP contribution is 2.29. The fourth-order valence-electron chi connectivity index (χ4n) is 2.64. The van der Waals surface area contributed by atoms with Gasteiger partial charge in [0.15, 0.2) is 10.8 Å². The minimum atomic E-state index is 0.749. The Hall–Kier alpha value is -2.11. The standard InChI is InChI=1S/C18H20N8S3/c1-12-14(11-29-17-21-13-5-3-7-20-16(13)22-17)19-8-6-15(12)27-9-4-10-28-18-23-24-25-26(18)2/h3,5-8H,4,9-11H2,1-2H3,(H,20,21,22). The van der Waals surface area contributed by atoms with Crippen LogP contribution in [0, 0.1) is 6.92 Å². The number of fused-ring (bicyclic) bond motifs is 1. The van der Waals surface area contributed by atoms with E-state index in [0.29, 0.717) is 0 Å². The van der Waals surface area contributed by atoms with E-state index in [9.17, 15) is 0 Å². The summed E-state index contributed by atoms with van der Waals surface area (Å²) < 4.78 is 1.70. The second kappa shape index (κ2) is 9.59. The van der Waals surface area contributed by atoms with Crippen molar-refractivity contribution in [2.24, 2.45) is 7.05 Å². The molecule has 4 rings (SSSR count). The summed E-state index contributed by atoms with van der Waals surface area (Å²) in [5.41, 5.74) is 4.04. The Morgan fingerprint density at radius 1 is 1.07 bits per heavy atom. The number of H-pyrrole nitrogens is 1. The highest BCUT2D eigenvalue weighted by molar-refractivity contribution is 8.00. The molecule has 0 amide bonds. The molecule has 0 aliphatic rings. The number of hydrogen-bond donors (Lipinski definition) is 1. The van der Waals surface area contributed by atoms with Crippen molar-refractivity contribution in [1.29, 1.82) is 0 Å². The lowest BCUT2D eigenvalue weighted by Gasteiger charge is -2.09. The zero-order chi connectivity index (χ0) is 20.1. The number of nitrogens with zero attached hydrogens (tertiary/aromatic N) is 7. The molecule has 1 N–H and O–H groups in total. The molecule has 0 radical (unpaired) electrons. The molecule has 4 aromatic heterocycles. The molecule has 0 saturated carbocycles. The maximum absolute atomic E-state index is 4.58. The molecular weight excluding hydrogens is 424 g/mol. The van der Waals surface area contributed by atoms with Crippen LogP contribution in [0.15, 0.2) is 45.8 Å². The van der Waals surface area contributed by atoms with E-state index in [1.54, 1.807) is 34.4 Å². The third-order valence-electron chi connectivity index (χ3n) is 4.20. The second-order valence-electron chi connectivity index (χ2n) is 6.22. The number of pyridine rings is 2. The molecule has 0 atom stereocenters. The highest BCUT2D eigenvalue weighted by Gasteiger charge is 2.10. The predicted octanol–water partition coefficient (Wildman–Crippen LogP) is 3.75. The van der Waals surface area contributed by atoms with Gasteiger partial charge in [-0.3, -0.25) is 4.98 Å². The Balaban J connectivity index is 1.29. The van der Waals surface area contributed by atoms with Crippen LogP contribution in [0.25, 0.3) is 11.2 Å². The molecule has 0 aromatic carbocycles. The maximum Gasteiger partial charge on any atom is 0.209 e. The Bertz CT molecular complexity index is 1060. The smallest absolute Gasteiger partial charge is 0.209 e. The summed E-state index contributed by atoms with van der Waals surface area (Å²) in [7, 11) is 1.86. The van der Waals surface area contributed by atoms with Crippen LogP contribution in [0.1, 0.15) is 17.7 Å². The van der Waals surface area contributed by atoms with Crippen molar-refractivity contribution in [1.82, 2.24) is 40.1 Å². The third-order valence-corrected chi connectivity index (χ3v) is 7.43. The van der Waals surface area contributed by atoms with Crippen LogP contribution in [0.3, 0.4) is 0 Å². The molecule has 11 heteroatoms. The van der Waals surface area contributed by atoms with Gasteiger partial charge >= 0.3 is 0 Å². The molecule has 0 saturated heterocycles. The lowest BCUT2D eigenvalue weighted by Crippen LogP contribution is -1.96. The number of thioether (sulfide) groups is 3. The second-order valence-corrected chi connectivity index (χ2v) is 9.38. The van der Waals surface area contributed by atoms with Crippen molar-refractivity contribution in [2.45, 2.75) is 34.3 Å². The molecule has 4 aromatic rings. The van der Waals surface area contributed by atoms with Crippen molar-refractivity contribution >= 4 is 46.4 Å². The van der Waals surface area contributed by atoms with Gasteiger partial charge in [0.1, 0.15) is 0 Å². The summed E-state index contributed by atoms with van der Waals surface area (Å²) in [4.78, 5) is 18.0. The van der Waals surface area contributed by atoms with Crippen molar-refractivity contribution in [3.8, 4) is 0 Å². The molecule has 0 spiro atoms. The lowest BCUT2D eigenvalue weighted by atomic mass is 10.2. The van der Waals surface area contributed by atoms with E-state index in [0.717, 1.165) is 50.9 Å². The first-order chi connectivity index (χ1) is 14.2. The quantitative estimate of drug-likeness (QED) is 0.306. The fraction of sp³-hybridized carbons (Fsp3) is 0.333. The first kappa shape index (κ1) is 20.2. The van der Waals surface area contributed by atoms with Crippen LogP contribution in [-0.4, -0.2) is 51.6 Å². The number of aromatic amines is 1. The number of rotatable bonds is 9. The van der Waals surface area contributed by atoms with Gasteiger partial charge in [0.2, 0.25) is 5.16 Å². The Morgan fingerprint density at radius 3 is 2.79 bits per heavy atom. The molecule has 0 unspecified atom stereocenters. The van der Waals surface area contributed by atoms with Crippen LogP contribution < -0.4 is 0 Å². The minimum absolute atomic E-state index is 0.749. The summed E-state index contributed by atoms with van der Waals surface area (Å²) >= 11 is 5.21. The summed E-state index contributed by atoms with van der Waals surface area (Å²) in [5.74, 6) is 2.81. The van der Waals surface area contributed by atoms with Gasteiger partial charge in [0.05, 0.1) is 11.2 Å². The van der Waals surface area contributed by atoms with Gasteiger partial charge in [0.25, 0.3) is 0 Å². The zero-order valence-corrected chi connectivity index (χ0v) is 18.5. The van der Waals surface area contributed by atoms with Crippen molar-refractivity contribution < 1.29 is 0 Å². The van der Waals surface area contributed by atoms with Crippen LogP contribution in [0.2, 0.25) is 0 Å². The molecule has 4 heterocycles. The van der Waals surface area contributed by atoms with Gasteiger partial charge in [-0.05, 0) is 53.3 Å². The van der Waals surface area contributed by atoms with Crippen molar-refractivity contribution in [2.75, 3.05) is 11.5 Å². The van der Waals surface area contributed by atoms with Gasteiger partial charge in [-0.15, -0.1) is 16.9 Å². The number of imidazole rings is 1. The minimum Gasteiger partial charge on any atom is -0.332 e. The third kappa shape index (κ3) is 5.09. The van der Waals surface area contributed by atoms with Crippen LogP contribution >= 0.6 is 35.3 Å². The Kier molecular flexibility index (Phi) is 6.67. The van der Waals surface area contributed by atoms with Crippen molar-refractivity contribution in [3.63, 3.8) is 0 Å². The molecule has 0 aliphatic heterocycles. The van der Waals surface area contributed by atoms with E-state index in [1.807, 2.05) is 37.1 Å². The Morgan fingerprint density at radius 2 is 1.97 bits per heavy atom. The molecule has 29 heavy (non-hydrogen) atoms. The van der Waals surface area contributed by atoms with Gasteiger partial charge in [0, 0.05) is 35.8 Å². The first-order valence-electron chi connectivity index (χ1n) is 9.06. The summed E-state index contributed by atoms with van der Waals surface area (Å²) in [6, 6.07) is 5.99. The van der Waals surface area contributed by atoms with E-state index in [-0.39, 0.29) is 0 Å². The topological polar surface area (TPSA) is 98.1 Å². The average molecular weight is 445 g/mol. The summed E-state index contributed by atoms with van der Waals surface area (Å²) in [6.07, 6.45) is 4.73. The molecule has 150 valence electrons. The molecule has 0 fully saturated rings. The number of nitrogens with one attached hydrogen (secondary N) is 1. The Labute approximate surface area is 181 Å². The SMILES string of the molecule is Cc1c(SCCCSc2nnnn2C)ccnc1CSc1nc2ncccc2[nH]1. The van der Waals surface area contributed by atoms with Gasteiger partial charge < -0.3 is 4.98 Å². The molecule has 8 nitrogen and oxygen atoms in total. The molecular formula is C18H20N8S3. The largest absolute Gasteiger partial charge is 0.332 e. The monoisotopic (exact) mass is 444 g/mol. The number of hydrogen-bond acceptors (Lipinski definition) is 9. The van der Waals surface area contributed by atoms with Crippen LogP contribution in [-0.2, 0) is 12.8 Å².